The highest BCUT2D eigenvalue weighted by atomic mass is 16.6. The lowest BCUT2D eigenvalue weighted by molar-refractivity contribution is -0.177. The van der Waals surface area contributed by atoms with Crippen molar-refractivity contribution in [1.82, 2.24) is 0 Å². The smallest absolute Gasteiger partial charge is 0.338 e. The summed E-state index contributed by atoms with van der Waals surface area (Å²) in [6.07, 6.45) is 9.10. The zero-order valence-electron chi connectivity index (χ0n) is 29.4. The monoisotopic (exact) mass is 663 g/mol. The first-order chi connectivity index (χ1) is 22.9. The maximum absolute atomic E-state index is 14.0. The van der Waals surface area contributed by atoms with E-state index in [0.29, 0.717) is 55.2 Å². The molecule has 4 fully saturated rings. The molecule has 10 unspecified atom stereocenters. The van der Waals surface area contributed by atoms with E-state index < -0.39 is 17.3 Å². The van der Waals surface area contributed by atoms with E-state index in [1.807, 2.05) is 6.92 Å². The molecule has 0 bridgehead atoms. The van der Waals surface area contributed by atoms with Crippen LogP contribution in [0.1, 0.15) is 90.4 Å². The number of hydrogen-bond donors (Lipinski definition) is 0. The van der Waals surface area contributed by atoms with Crippen molar-refractivity contribution in [3.05, 3.63) is 41.5 Å². The number of esters is 2. The third-order valence-electron chi connectivity index (χ3n) is 12.7. The number of ether oxygens (including phenoxy) is 4. The van der Waals surface area contributed by atoms with Gasteiger partial charge in [0.2, 0.25) is 12.3 Å². The van der Waals surface area contributed by atoms with Crippen LogP contribution in [0.15, 0.2) is 35.9 Å². The van der Waals surface area contributed by atoms with Gasteiger partial charge < -0.3 is 18.9 Å². The standard InChI is InChI=1S/C39H53NO8/c1-23(2)31-16-27-10-13-34-38(5,14-7-15-39(34,6)37(44)48-21-30-19-46-30)33(27)17-32(31)24(3)25(4)35(42)40(22-41)28-11-8-26(9-12-28)36(43)47-20-29-18-45-29/h8-9,11-12,16,22-25,27,29-30,32-34H,7,10,13-15,17-21H2,1-6H3. The molecule has 2 aliphatic heterocycles. The van der Waals surface area contributed by atoms with E-state index in [0.717, 1.165) is 38.5 Å². The molecule has 0 N–H and O–H groups in total. The Balaban J connectivity index is 1.19. The summed E-state index contributed by atoms with van der Waals surface area (Å²) >= 11 is 0. The summed E-state index contributed by atoms with van der Waals surface area (Å²) in [4.78, 5) is 53.5. The van der Waals surface area contributed by atoms with Crippen molar-refractivity contribution in [3.63, 3.8) is 0 Å². The van der Waals surface area contributed by atoms with Gasteiger partial charge in [-0.1, -0.05) is 52.7 Å². The second-order valence-corrected chi connectivity index (χ2v) is 16.0. The molecule has 5 aliphatic rings. The van der Waals surface area contributed by atoms with Gasteiger partial charge in [0.15, 0.2) is 0 Å². The average molecular weight is 664 g/mol. The number of carbonyl (C=O) groups excluding carboxylic acids is 4. The van der Waals surface area contributed by atoms with Crippen molar-refractivity contribution < 1.29 is 38.1 Å². The first-order valence-corrected chi connectivity index (χ1v) is 18.0. The third-order valence-corrected chi connectivity index (χ3v) is 12.7. The van der Waals surface area contributed by atoms with Crippen LogP contribution in [0, 0.1) is 52.3 Å². The van der Waals surface area contributed by atoms with Gasteiger partial charge >= 0.3 is 11.9 Å². The first-order valence-electron chi connectivity index (χ1n) is 18.0. The summed E-state index contributed by atoms with van der Waals surface area (Å²) in [6.45, 7) is 15.0. The summed E-state index contributed by atoms with van der Waals surface area (Å²) in [5.41, 5.74) is 1.65. The molecule has 48 heavy (non-hydrogen) atoms. The molecule has 10 atom stereocenters. The number of rotatable bonds is 12. The number of imide groups is 1. The van der Waals surface area contributed by atoms with Crippen LogP contribution in [0.25, 0.3) is 0 Å². The maximum Gasteiger partial charge on any atom is 0.338 e. The highest BCUT2D eigenvalue weighted by Crippen LogP contribution is 2.65. The summed E-state index contributed by atoms with van der Waals surface area (Å²) < 4.78 is 21.5. The minimum atomic E-state index is -0.512. The highest BCUT2D eigenvalue weighted by molar-refractivity contribution is 6.08. The van der Waals surface area contributed by atoms with Gasteiger partial charge in [-0.15, -0.1) is 0 Å². The topological polar surface area (TPSA) is 115 Å². The molecule has 2 amide bonds. The minimum absolute atomic E-state index is 0.0152. The van der Waals surface area contributed by atoms with Crippen LogP contribution in [0.5, 0.6) is 0 Å². The van der Waals surface area contributed by atoms with Crippen molar-refractivity contribution in [2.75, 3.05) is 31.3 Å². The van der Waals surface area contributed by atoms with E-state index in [-0.39, 0.29) is 53.9 Å². The van der Waals surface area contributed by atoms with Crippen LogP contribution < -0.4 is 4.90 Å². The number of carbonyl (C=O) groups is 4. The SMILES string of the molecule is CC(C)C1=CC2CCC3C(C)(C(=O)OCC4CO4)CCCC3(C)C2CC1C(C)C(C)C(=O)N(C=O)c1ccc(C(=O)OCC2CO2)cc1. The number of epoxide rings is 2. The normalized spacial score (nSPS) is 34.9. The average Bonchev–Trinajstić information content (AvgIpc) is 4.01. The molecule has 0 aromatic heterocycles. The van der Waals surface area contributed by atoms with E-state index in [9.17, 15) is 19.2 Å². The highest BCUT2D eigenvalue weighted by Gasteiger charge is 2.60. The van der Waals surface area contributed by atoms with Crippen LogP contribution in [0.2, 0.25) is 0 Å². The van der Waals surface area contributed by atoms with Crippen LogP contribution in [-0.4, -0.2) is 62.9 Å². The Morgan fingerprint density at radius 1 is 0.958 bits per heavy atom. The van der Waals surface area contributed by atoms with Crippen molar-refractivity contribution in [3.8, 4) is 0 Å². The maximum atomic E-state index is 14.0. The van der Waals surface area contributed by atoms with Gasteiger partial charge in [0.1, 0.15) is 25.4 Å². The molecule has 262 valence electrons. The Morgan fingerprint density at radius 3 is 2.21 bits per heavy atom. The zero-order valence-corrected chi connectivity index (χ0v) is 29.4. The van der Waals surface area contributed by atoms with Gasteiger partial charge in [-0.3, -0.25) is 19.3 Å². The van der Waals surface area contributed by atoms with Gasteiger partial charge in [-0.05, 0) is 104 Å². The Bertz CT molecular complexity index is 1410. The van der Waals surface area contributed by atoms with E-state index in [1.165, 1.54) is 10.5 Å². The lowest BCUT2D eigenvalue weighted by atomic mass is 9.43. The summed E-state index contributed by atoms with van der Waals surface area (Å²) in [7, 11) is 0. The molecule has 1 aromatic carbocycles. The minimum Gasteiger partial charge on any atom is -0.462 e. The van der Waals surface area contributed by atoms with Crippen LogP contribution >= 0.6 is 0 Å². The third kappa shape index (κ3) is 6.74. The fraction of sp³-hybridized carbons (Fsp3) is 0.692. The fourth-order valence-corrected chi connectivity index (χ4v) is 9.57. The van der Waals surface area contributed by atoms with Crippen molar-refractivity contribution >= 4 is 29.9 Å². The molecule has 9 heteroatoms. The van der Waals surface area contributed by atoms with E-state index in [2.05, 4.69) is 40.7 Å². The summed E-state index contributed by atoms with van der Waals surface area (Å²) in [6, 6.07) is 6.39. The van der Waals surface area contributed by atoms with Gasteiger partial charge in [-0.25, -0.2) is 4.79 Å². The second kappa shape index (κ2) is 13.7. The number of amides is 2. The van der Waals surface area contributed by atoms with Gasteiger partial charge in [0.25, 0.3) is 0 Å². The van der Waals surface area contributed by atoms with Crippen LogP contribution in [0.4, 0.5) is 5.69 Å². The molecule has 1 aromatic rings. The summed E-state index contributed by atoms with van der Waals surface area (Å²) in [5.74, 6) is 0.358. The largest absolute Gasteiger partial charge is 0.462 e. The quantitative estimate of drug-likeness (QED) is 0.109. The van der Waals surface area contributed by atoms with Crippen molar-refractivity contribution in [2.45, 2.75) is 92.3 Å². The first kappa shape index (κ1) is 34.8. The molecule has 3 aliphatic carbocycles. The molecular weight excluding hydrogens is 610 g/mol. The van der Waals surface area contributed by atoms with Gasteiger partial charge in [-0.2, -0.15) is 0 Å². The van der Waals surface area contributed by atoms with E-state index >= 15 is 0 Å². The number of anilines is 1. The number of hydrogen-bond acceptors (Lipinski definition) is 8. The molecule has 0 radical (unpaired) electrons. The fourth-order valence-electron chi connectivity index (χ4n) is 9.57. The number of allylic oxidation sites excluding steroid dienone is 2. The molecule has 6 rings (SSSR count). The van der Waals surface area contributed by atoms with Gasteiger partial charge in [0.05, 0.1) is 29.9 Å². The molecular formula is C39H53NO8. The Hall–Kier alpha value is -3.04. The molecule has 9 nitrogen and oxygen atoms in total. The summed E-state index contributed by atoms with van der Waals surface area (Å²) in [5, 5.41) is 0. The second-order valence-electron chi connectivity index (χ2n) is 16.0. The van der Waals surface area contributed by atoms with Crippen LogP contribution in [0.3, 0.4) is 0 Å². The molecule has 2 heterocycles. The molecule has 0 spiro atoms. The Morgan fingerprint density at radius 2 is 1.60 bits per heavy atom. The van der Waals surface area contributed by atoms with Gasteiger partial charge in [0, 0.05) is 5.92 Å². The number of nitrogens with zero attached hydrogens (tertiary/aromatic N) is 1. The van der Waals surface area contributed by atoms with E-state index in [4.69, 9.17) is 18.9 Å². The number of benzene rings is 1. The Labute approximate surface area is 285 Å². The zero-order chi connectivity index (χ0) is 34.4. The Kier molecular flexibility index (Phi) is 9.93. The lowest BCUT2D eigenvalue weighted by Gasteiger charge is -2.61. The molecule has 2 saturated carbocycles. The number of fused-ring (bicyclic) bond motifs is 3. The van der Waals surface area contributed by atoms with E-state index in [1.54, 1.807) is 24.3 Å². The van der Waals surface area contributed by atoms with Crippen molar-refractivity contribution in [1.29, 1.82) is 0 Å². The molecule has 2 saturated heterocycles. The lowest BCUT2D eigenvalue weighted by Crippen LogP contribution is -2.56. The predicted molar refractivity (Wildman–Crippen MR) is 180 cm³/mol. The predicted octanol–water partition coefficient (Wildman–Crippen LogP) is 6.39. The van der Waals surface area contributed by atoms with Crippen LogP contribution in [-0.2, 0) is 33.3 Å². The van der Waals surface area contributed by atoms with Crippen molar-refractivity contribution in [2.24, 2.45) is 52.3 Å².